The zero-order valence-corrected chi connectivity index (χ0v) is 11.4. The summed E-state index contributed by atoms with van der Waals surface area (Å²) in [7, 11) is -2.14. The molecule has 2 rings (SSSR count). The standard InChI is InChI=1S/C10H17N5O3S/c1-12-10(16)7-3-2-4-15(6-7)19(17,18)8-5-13-14-9(8)11/h5,7H,2-4,6H2,1H3,(H,12,16)(H3,11,13,14). The van der Waals surface area contributed by atoms with Gasteiger partial charge in [0.1, 0.15) is 10.7 Å². The van der Waals surface area contributed by atoms with Gasteiger partial charge in [0, 0.05) is 20.1 Å². The summed E-state index contributed by atoms with van der Waals surface area (Å²) in [4.78, 5) is 11.6. The number of rotatable bonds is 3. The van der Waals surface area contributed by atoms with Crippen LogP contribution in [-0.2, 0) is 14.8 Å². The van der Waals surface area contributed by atoms with E-state index in [2.05, 4.69) is 15.5 Å². The SMILES string of the molecule is CNC(=O)C1CCCN(S(=O)(=O)c2cn[nH]c2N)C1. The largest absolute Gasteiger partial charge is 0.383 e. The van der Waals surface area contributed by atoms with Gasteiger partial charge in [0.25, 0.3) is 0 Å². The van der Waals surface area contributed by atoms with E-state index in [1.807, 2.05) is 0 Å². The molecule has 2 heterocycles. The van der Waals surface area contributed by atoms with E-state index in [-0.39, 0.29) is 29.1 Å². The van der Waals surface area contributed by atoms with Gasteiger partial charge in [0.05, 0.1) is 12.1 Å². The fourth-order valence-corrected chi connectivity index (χ4v) is 3.74. The van der Waals surface area contributed by atoms with Crippen molar-refractivity contribution >= 4 is 21.7 Å². The summed E-state index contributed by atoms with van der Waals surface area (Å²) in [6.07, 6.45) is 2.52. The number of anilines is 1. The molecule has 19 heavy (non-hydrogen) atoms. The molecule has 4 N–H and O–H groups in total. The topological polar surface area (TPSA) is 121 Å². The van der Waals surface area contributed by atoms with Crippen LogP contribution >= 0.6 is 0 Å². The minimum atomic E-state index is -3.69. The lowest BCUT2D eigenvalue weighted by molar-refractivity contribution is -0.125. The van der Waals surface area contributed by atoms with E-state index >= 15 is 0 Å². The number of aromatic amines is 1. The Morgan fingerprint density at radius 2 is 2.37 bits per heavy atom. The van der Waals surface area contributed by atoms with Gasteiger partial charge >= 0.3 is 0 Å². The Kier molecular flexibility index (Phi) is 3.76. The monoisotopic (exact) mass is 287 g/mol. The highest BCUT2D eigenvalue weighted by molar-refractivity contribution is 7.89. The van der Waals surface area contributed by atoms with Crippen LogP contribution < -0.4 is 11.1 Å². The van der Waals surface area contributed by atoms with Crippen LogP contribution in [0.1, 0.15) is 12.8 Å². The summed E-state index contributed by atoms with van der Waals surface area (Å²) in [5.41, 5.74) is 5.55. The van der Waals surface area contributed by atoms with Crippen LogP contribution in [0.2, 0.25) is 0 Å². The number of carbonyl (C=O) groups excluding carboxylic acids is 1. The fraction of sp³-hybridized carbons (Fsp3) is 0.600. The average Bonchev–Trinajstić information content (AvgIpc) is 2.85. The van der Waals surface area contributed by atoms with E-state index in [1.165, 1.54) is 10.5 Å². The minimum absolute atomic E-state index is 0.0158. The van der Waals surface area contributed by atoms with Gasteiger partial charge in [0.15, 0.2) is 0 Å². The molecular weight excluding hydrogens is 270 g/mol. The van der Waals surface area contributed by atoms with Crippen LogP contribution in [0.25, 0.3) is 0 Å². The lowest BCUT2D eigenvalue weighted by Crippen LogP contribution is -2.44. The van der Waals surface area contributed by atoms with Crippen molar-refractivity contribution in [2.75, 3.05) is 25.9 Å². The van der Waals surface area contributed by atoms with Crippen molar-refractivity contribution in [3.05, 3.63) is 6.20 Å². The number of amides is 1. The second kappa shape index (κ2) is 5.17. The number of sulfonamides is 1. The molecule has 1 aromatic rings. The number of hydrogen-bond donors (Lipinski definition) is 3. The number of nitrogen functional groups attached to an aromatic ring is 1. The number of nitrogens with two attached hydrogens (primary N) is 1. The highest BCUT2D eigenvalue weighted by atomic mass is 32.2. The van der Waals surface area contributed by atoms with Crippen molar-refractivity contribution in [3.63, 3.8) is 0 Å². The number of piperidine rings is 1. The summed E-state index contributed by atoms with van der Waals surface area (Å²) in [6, 6.07) is 0. The van der Waals surface area contributed by atoms with E-state index in [9.17, 15) is 13.2 Å². The molecule has 0 saturated carbocycles. The number of nitrogens with one attached hydrogen (secondary N) is 2. The van der Waals surface area contributed by atoms with Crippen molar-refractivity contribution in [2.24, 2.45) is 5.92 Å². The molecule has 0 radical (unpaired) electrons. The first-order valence-electron chi connectivity index (χ1n) is 5.97. The van der Waals surface area contributed by atoms with Crippen LogP contribution in [0, 0.1) is 5.92 Å². The predicted molar refractivity (Wildman–Crippen MR) is 68.5 cm³/mol. The molecule has 0 bridgehead atoms. The molecule has 1 unspecified atom stereocenters. The number of hydrogen-bond acceptors (Lipinski definition) is 5. The molecule has 1 amide bonds. The molecule has 0 spiro atoms. The zero-order chi connectivity index (χ0) is 14.0. The molecule has 1 aliphatic rings. The average molecular weight is 287 g/mol. The fourth-order valence-electron chi connectivity index (χ4n) is 2.21. The highest BCUT2D eigenvalue weighted by Gasteiger charge is 2.34. The molecule has 9 heteroatoms. The maximum Gasteiger partial charge on any atom is 0.248 e. The lowest BCUT2D eigenvalue weighted by atomic mass is 9.99. The number of aromatic nitrogens is 2. The van der Waals surface area contributed by atoms with Gasteiger partial charge in [-0.05, 0) is 12.8 Å². The second-order valence-electron chi connectivity index (χ2n) is 4.46. The lowest BCUT2D eigenvalue weighted by Gasteiger charge is -2.30. The Morgan fingerprint density at radius 3 is 2.95 bits per heavy atom. The maximum absolute atomic E-state index is 12.4. The van der Waals surface area contributed by atoms with Gasteiger partial charge in [0.2, 0.25) is 15.9 Å². The van der Waals surface area contributed by atoms with E-state index in [4.69, 9.17) is 5.73 Å². The number of carbonyl (C=O) groups is 1. The Hall–Kier alpha value is -1.61. The molecule has 1 aliphatic heterocycles. The number of nitrogens with zero attached hydrogens (tertiary/aromatic N) is 2. The summed E-state index contributed by atoms with van der Waals surface area (Å²) in [6.45, 7) is 0.563. The first-order chi connectivity index (χ1) is 8.96. The van der Waals surface area contributed by atoms with Crippen LogP contribution in [0.5, 0.6) is 0 Å². The first kappa shape index (κ1) is 13.8. The third kappa shape index (κ3) is 2.56. The van der Waals surface area contributed by atoms with Crippen LogP contribution in [0.3, 0.4) is 0 Å². The molecule has 1 atom stereocenters. The van der Waals surface area contributed by atoms with E-state index in [0.29, 0.717) is 19.4 Å². The predicted octanol–water partition coefficient (Wildman–Crippen LogP) is -0.861. The van der Waals surface area contributed by atoms with Gasteiger partial charge < -0.3 is 11.1 Å². The highest BCUT2D eigenvalue weighted by Crippen LogP contribution is 2.25. The summed E-state index contributed by atoms with van der Waals surface area (Å²) in [5, 5.41) is 8.57. The molecule has 1 fully saturated rings. The molecule has 106 valence electrons. The van der Waals surface area contributed by atoms with Crippen molar-refractivity contribution in [3.8, 4) is 0 Å². The van der Waals surface area contributed by atoms with Gasteiger partial charge in [-0.25, -0.2) is 8.42 Å². The van der Waals surface area contributed by atoms with E-state index in [1.54, 1.807) is 7.05 Å². The minimum Gasteiger partial charge on any atom is -0.383 e. The second-order valence-corrected chi connectivity index (χ2v) is 6.37. The molecule has 0 aromatic carbocycles. The smallest absolute Gasteiger partial charge is 0.248 e. The van der Waals surface area contributed by atoms with Crippen molar-refractivity contribution < 1.29 is 13.2 Å². The van der Waals surface area contributed by atoms with Crippen molar-refractivity contribution in [1.29, 1.82) is 0 Å². The Morgan fingerprint density at radius 1 is 1.63 bits per heavy atom. The first-order valence-corrected chi connectivity index (χ1v) is 7.41. The third-order valence-corrected chi connectivity index (χ3v) is 5.14. The molecular formula is C10H17N5O3S. The van der Waals surface area contributed by atoms with Gasteiger partial charge in [-0.3, -0.25) is 9.89 Å². The molecule has 0 aliphatic carbocycles. The van der Waals surface area contributed by atoms with Crippen LogP contribution in [0.15, 0.2) is 11.1 Å². The van der Waals surface area contributed by atoms with Crippen molar-refractivity contribution in [1.82, 2.24) is 19.8 Å². The molecule has 1 saturated heterocycles. The Labute approximate surface area is 111 Å². The zero-order valence-electron chi connectivity index (χ0n) is 10.6. The Balaban J connectivity index is 2.22. The van der Waals surface area contributed by atoms with Gasteiger partial charge in [-0.15, -0.1) is 0 Å². The van der Waals surface area contributed by atoms with Crippen molar-refractivity contribution in [2.45, 2.75) is 17.7 Å². The summed E-state index contributed by atoms with van der Waals surface area (Å²) in [5.74, 6) is -0.441. The van der Waals surface area contributed by atoms with Gasteiger partial charge in [-0.2, -0.15) is 9.40 Å². The number of H-pyrrole nitrogens is 1. The normalized spacial score (nSPS) is 21.2. The quantitative estimate of drug-likeness (QED) is 0.668. The molecule has 8 nitrogen and oxygen atoms in total. The van der Waals surface area contributed by atoms with Gasteiger partial charge in [-0.1, -0.05) is 0 Å². The van der Waals surface area contributed by atoms with E-state index < -0.39 is 10.0 Å². The van der Waals surface area contributed by atoms with E-state index in [0.717, 1.165) is 0 Å². The summed E-state index contributed by atoms with van der Waals surface area (Å²) < 4.78 is 26.0. The third-order valence-electron chi connectivity index (χ3n) is 3.25. The summed E-state index contributed by atoms with van der Waals surface area (Å²) >= 11 is 0. The maximum atomic E-state index is 12.4. The van der Waals surface area contributed by atoms with Crippen LogP contribution in [-0.4, -0.2) is 49.0 Å². The Bertz CT molecular complexity index is 567. The molecule has 1 aromatic heterocycles. The van der Waals surface area contributed by atoms with Crippen LogP contribution in [0.4, 0.5) is 5.82 Å².